The van der Waals surface area contributed by atoms with Crippen molar-refractivity contribution < 1.29 is 9.53 Å². The zero-order valence-electron chi connectivity index (χ0n) is 11.1. The van der Waals surface area contributed by atoms with Crippen LogP contribution in [0.2, 0.25) is 0 Å². The number of para-hydroxylation sites is 1. The van der Waals surface area contributed by atoms with Crippen LogP contribution in [0.25, 0.3) is 6.08 Å². The zero-order valence-corrected chi connectivity index (χ0v) is 11.9. The van der Waals surface area contributed by atoms with Crippen LogP contribution in [0.5, 0.6) is 5.75 Å². The third kappa shape index (κ3) is 2.49. The summed E-state index contributed by atoms with van der Waals surface area (Å²) in [5.74, 6) is 0.730. The van der Waals surface area contributed by atoms with E-state index in [0.29, 0.717) is 23.5 Å². The van der Waals surface area contributed by atoms with E-state index in [9.17, 15) is 4.79 Å². The largest absolute Gasteiger partial charge is 0.488 e. The predicted octanol–water partition coefficient (Wildman–Crippen LogP) is 4.07. The highest BCUT2D eigenvalue weighted by atomic mass is 32.2. The summed E-state index contributed by atoms with van der Waals surface area (Å²) in [5.41, 5.74) is 2.36. The second-order valence-electron chi connectivity index (χ2n) is 4.56. The first-order chi connectivity index (χ1) is 9.78. The molecule has 0 bridgehead atoms. The summed E-state index contributed by atoms with van der Waals surface area (Å²) >= 11 is 1.70. The Kier molecular flexibility index (Phi) is 3.61. The fourth-order valence-electron chi connectivity index (χ4n) is 2.18. The number of hydrogen-bond acceptors (Lipinski definition) is 3. The minimum atomic E-state index is 0.0563. The molecule has 0 unspecified atom stereocenters. The Morgan fingerprint density at radius 3 is 2.60 bits per heavy atom. The number of hydrogen-bond donors (Lipinski definition) is 0. The highest BCUT2D eigenvalue weighted by molar-refractivity contribution is 7.98. The number of Topliss-reactive ketones (excluding diaryl/α,β-unsaturated/α-hetero) is 1. The predicted molar refractivity (Wildman–Crippen MR) is 82.5 cm³/mol. The molecule has 0 N–H and O–H groups in total. The molecule has 0 atom stereocenters. The lowest BCUT2D eigenvalue weighted by Gasteiger charge is -2.18. The monoisotopic (exact) mass is 282 g/mol. The summed E-state index contributed by atoms with van der Waals surface area (Å²) in [6, 6.07) is 15.5. The second-order valence-corrected chi connectivity index (χ2v) is 5.44. The van der Waals surface area contributed by atoms with Crippen LogP contribution in [0.3, 0.4) is 0 Å². The Hall–Kier alpha value is -2.00. The molecular weight excluding hydrogens is 268 g/mol. The first-order valence-corrected chi connectivity index (χ1v) is 7.61. The van der Waals surface area contributed by atoms with Crippen LogP contribution in [0.1, 0.15) is 15.9 Å². The summed E-state index contributed by atoms with van der Waals surface area (Å²) in [4.78, 5) is 13.6. The van der Waals surface area contributed by atoms with E-state index in [0.717, 1.165) is 5.56 Å². The highest BCUT2D eigenvalue weighted by Gasteiger charge is 2.22. The van der Waals surface area contributed by atoms with E-state index in [2.05, 4.69) is 12.1 Å². The van der Waals surface area contributed by atoms with Gasteiger partial charge >= 0.3 is 0 Å². The molecule has 20 heavy (non-hydrogen) atoms. The lowest BCUT2D eigenvalue weighted by Crippen LogP contribution is -2.18. The molecule has 3 rings (SSSR count). The molecule has 1 aliphatic rings. The van der Waals surface area contributed by atoms with Gasteiger partial charge in [0.2, 0.25) is 0 Å². The van der Waals surface area contributed by atoms with Crippen LogP contribution in [0.15, 0.2) is 59.0 Å². The number of ketones is 1. The third-order valence-electron chi connectivity index (χ3n) is 3.26. The number of rotatable bonds is 2. The number of benzene rings is 2. The SMILES string of the molecule is CSc1ccc(/C=C2/COc3ccccc3C2=O)cc1. The number of carbonyl (C=O) groups excluding carboxylic acids is 1. The van der Waals surface area contributed by atoms with Gasteiger partial charge in [-0.1, -0.05) is 24.3 Å². The molecule has 0 aromatic heterocycles. The van der Waals surface area contributed by atoms with E-state index >= 15 is 0 Å². The van der Waals surface area contributed by atoms with Gasteiger partial charge in [0.15, 0.2) is 5.78 Å². The molecule has 3 heteroatoms. The fourth-order valence-corrected chi connectivity index (χ4v) is 2.59. The summed E-state index contributed by atoms with van der Waals surface area (Å²) in [6.45, 7) is 0.333. The van der Waals surface area contributed by atoms with Gasteiger partial charge in [-0.3, -0.25) is 4.79 Å². The van der Waals surface area contributed by atoms with Gasteiger partial charge in [0.25, 0.3) is 0 Å². The summed E-state index contributed by atoms with van der Waals surface area (Å²) in [7, 11) is 0. The molecule has 2 aromatic carbocycles. The second kappa shape index (κ2) is 5.55. The van der Waals surface area contributed by atoms with Gasteiger partial charge < -0.3 is 4.74 Å². The lowest BCUT2D eigenvalue weighted by atomic mass is 9.98. The fraction of sp³-hybridized carbons (Fsp3) is 0.118. The normalized spacial score (nSPS) is 15.8. The van der Waals surface area contributed by atoms with Crippen molar-refractivity contribution in [1.29, 1.82) is 0 Å². The summed E-state index contributed by atoms with van der Waals surface area (Å²) in [5, 5.41) is 0. The first-order valence-electron chi connectivity index (χ1n) is 6.39. The maximum atomic E-state index is 12.4. The van der Waals surface area contributed by atoms with E-state index in [-0.39, 0.29) is 5.78 Å². The Morgan fingerprint density at radius 1 is 1.10 bits per heavy atom. The molecule has 0 fully saturated rings. The molecule has 1 heterocycles. The Labute approximate surface area is 122 Å². The molecule has 2 aromatic rings. The average Bonchev–Trinajstić information content (AvgIpc) is 2.51. The van der Waals surface area contributed by atoms with Crippen molar-refractivity contribution in [2.45, 2.75) is 4.90 Å². The van der Waals surface area contributed by atoms with Gasteiger partial charge in [0, 0.05) is 10.5 Å². The molecule has 0 saturated carbocycles. The van der Waals surface area contributed by atoms with Crippen molar-refractivity contribution in [2.24, 2.45) is 0 Å². The number of carbonyl (C=O) groups is 1. The van der Waals surface area contributed by atoms with Crippen molar-refractivity contribution in [2.75, 3.05) is 12.9 Å². The minimum absolute atomic E-state index is 0.0563. The van der Waals surface area contributed by atoms with Crippen LogP contribution < -0.4 is 4.74 Å². The maximum absolute atomic E-state index is 12.4. The van der Waals surface area contributed by atoms with E-state index in [1.165, 1.54) is 4.90 Å². The molecule has 2 nitrogen and oxygen atoms in total. The van der Waals surface area contributed by atoms with Crippen molar-refractivity contribution in [1.82, 2.24) is 0 Å². The van der Waals surface area contributed by atoms with Crippen molar-refractivity contribution in [3.8, 4) is 5.75 Å². The highest BCUT2D eigenvalue weighted by Crippen LogP contribution is 2.27. The average molecular weight is 282 g/mol. The summed E-state index contributed by atoms with van der Waals surface area (Å²) < 4.78 is 5.63. The van der Waals surface area contributed by atoms with E-state index in [1.54, 1.807) is 11.8 Å². The zero-order chi connectivity index (χ0) is 13.9. The molecule has 0 amide bonds. The minimum Gasteiger partial charge on any atom is -0.488 e. The van der Waals surface area contributed by atoms with Crippen LogP contribution in [0.4, 0.5) is 0 Å². The molecule has 0 spiro atoms. The van der Waals surface area contributed by atoms with Gasteiger partial charge in [-0.15, -0.1) is 11.8 Å². The number of fused-ring (bicyclic) bond motifs is 1. The lowest BCUT2D eigenvalue weighted by molar-refractivity contribution is 0.100. The molecule has 0 saturated heterocycles. The number of ether oxygens (including phenoxy) is 1. The standard InChI is InChI=1S/C17H14O2S/c1-20-14-8-6-12(7-9-14)10-13-11-19-16-5-3-2-4-15(16)17(13)18/h2-10H,11H2,1H3/b13-10-. The maximum Gasteiger partial charge on any atom is 0.196 e. The van der Waals surface area contributed by atoms with Gasteiger partial charge in [-0.2, -0.15) is 0 Å². The van der Waals surface area contributed by atoms with E-state index in [4.69, 9.17) is 4.74 Å². The summed E-state index contributed by atoms with van der Waals surface area (Å²) in [6.07, 6.45) is 3.95. The van der Waals surface area contributed by atoms with Gasteiger partial charge in [-0.25, -0.2) is 0 Å². The van der Waals surface area contributed by atoms with Crippen LogP contribution >= 0.6 is 11.8 Å². The smallest absolute Gasteiger partial charge is 0.196 e. The van der Waals surface area contributed by atoms with Gasteiger partial charge in [0.1, 0.15) is 12.4 Å². The van der Waals surface area contributed by atoms with Gasteiger partial charge in [-0.05, 0) is 42.2 Å². The Bertz CT molecular complexity index is 672. The van der Waals surface area contributed by atoms with Crippen LogP contribution in [-0.2, 0) is 0 Å². The van der Waals surface area contributed by atoms with Crippen molar-refractivity contribution in [3.63, 3.8) is 0 Å². The topological polar surface area (TPSA) is 26.3 Å². The van der Waals surface area contributed by atoms with Gasteiger partial charge in [0.05, 0.1) is 5.56 Å². The van der Waals surface area contributed by atoms with Crippen LogP contribution in [0, 0.1) is 0 Å². The molecule has 100 valence electrons. The number of thioether (sulfide) groups is 1. The van der Waals surface area contributed by atoms with Crippen molar-refractivity contribution >= 4 is 23.6 Å². The molecule has 1 aliphatic heterocycles. The quantitative estimate of drug-likeness (QED) is 0.613. The van der Waals surface area contributed by atoms with Crippen molar-refractivity contribution in [3.05, 3.63) is 65.2 Å². The molecular formula is C17H14O2S. The first kappa shape index (κ1) is 13.0. The molecule has 0 aliphatic carbocycles. The van der Waals surface area contributed by atoms with E-state index in [1.807, 2.05) is 48.7 Å². The third-order valence-corrected chi connectivity index (χ3v) is 4.01. The van der Waals surface area contributed by atoms with E-state index < -0.39 is 0 Å². The Balaban J connectivity index is 1.91. The molecule has 0 radical (unpaired) electrons. The van der Waals surface area contributed by atoms with Crippen LogP contribution in [-0.4, -0.2) is 18.6 Å². The Morgan fingerprint density at radius 2 is 1.85 bits per heavy atom.